The van der Waals surface area contributed by atoms with E-state index in [1.54, 1.807) is 23.1 Å². The van der Waals surface area contributed by atoms with Crippen LogP contribution in [0.3, 0.4) is 0 Å². The Balaban J connectivity index is 1.53. The topological polar surface area (TPSA) is 42.0 Å². The van der Waals surface area contributed by atoms with E-state index in [0.29, 0.717) is 0 Å². The van der Waals surface area contributed by atoms with Crippen LogP contribution in [0.1, 0.15) is 22.4 Å². The van der Waals surface area contributed by atoms with Gasteiger partial charge in [-0.3, -0.25) is 4.79 Å². The molecule has 1 heterocycles. The van der Waals surface area contributed by atoms with E-state index >= 15 is 0 Å². The maximum absolute atomic E-state index is 12.2. The van der Waals surface area contributed by atoms with Crippen molar-refractivity contribution in [2.75, 3.05) is 5.32 Å². The van der Waals surface area contributed by atoms with E-state index < -0.39 is 0 Å². The van der Waals surface area contributed by atoms with Crippen LogP contribution < -0.4 is 5.32 Å². The number of thioether (sulfide) groups is 1. The van der Waals surface area contributed by atoms with Crippen molar-refractivity contribution in [2.24, 2.45) is 0 Å². The summed E-state index contributed by atoms with van der Waals surface area (Å²) in [6.45, 7) is 4.09. The first-order valence-electron chi connectivity index (χ1n) is 8.18. The van der Waals surface area contributed by atoms with E-state index in [-0.39, 0.29) is 12.3 Å². The fourth-order valence-corrected chi connectivity index (χ4v) is 4.40. The van der Waals surface area contributed by atoms with Gasteiger partial charge in [-0.1, -0.05) is 57.5 Å². The maximum Gasteiger partial charge on any atom is 0.230 e. The second-order valence-electron chi connectivity index (χ2n) is 6.07. The molecule has 0 aliphatic heterocycles. The highest BCUT2D eigenvalue weighted by Crippen LogP contribution is 2.27. The molecule has 0 aliphatic rings. The molecule has 3 rings (SSSR count). The highest BCUT2D eigenvalue weighted by Gasteiger charge is 2.09. The molecule has 0 radical (unpaired) electrons. The zero-order chi connectivity index (χ0) is 18.5. The standard InChI is InChI=1S/C20H19BrN2OS2/c1-13-3-5-15(6-4-13)11-25-20-23-17(12-26-20)10-19(24)22-16-7-8-18(21)14(2)9-16/h3-9,12H,10-11H2,1-2H3,(H,22,24). The predicted octanol–water partition coefficient (Wildman–Crippen LogP) is 6.00. The molecule has 0 bridgehead atoms. The summed E-state index contributed by atoms with van der Waals surface area (Å²) in [6.07, 6.45) is 0.288. The lowest BCUT2D eigenvalue weighted by Gasteiger charge is -2.06. The summed E-state index contributed by atoms with van der Waals surface area (Å²) < 4.78 is 2.03. The summed E-state index contributed by atoms with van der Waals surface area (Å²) in [6, 6.07) is 14.3. The first-order valence-corrected chi connectivity index (χ1v) is 10.8. The zero-order valence-electron chi connectivity index (χ0n) is 14.6. The van der Waals surface area contributed by atoms with Crippen molar-refractivity contribution in [1.29, 1.82) is 0 Å². The van der Waals surface area contributed by atoms with Crippen LogP contribution in [0, 0.1) is 13.8 Å². The number of carbonyl (C=O) groups is 1. The molecule has 1 N–H and O–H groups in total. The molecule has 3 nitrogen and oxygen atoms in total. The van der Waals surface area contributed by atoms with Gasteiger partial charge < -0.3 is 5.32 Å². The predicted molar refractivity (Wildman–Crippen MR) is 114 cm³/mol. The van der Waals surface area contributed by atoms with Crippen LogP contribution in [-0.4, -0.2) is 10.9 Å². The van der Waals surface area contributed by atoms with Crippen LogP contribution in [0.5, 0.6) is 0 Å². The first-order chi connectivity index (χ1) is 12.5. The average Bonchev–Trinajstić information content (AvgIpc) is 3.05. The lowest BCUT2D eigenvalue weighted by molar-refractivity contribution is -0.115. The van der Waals surface area contributed by atoms with Gasteiger partial charge in [-0.25, -0.2) is 4.98 Å². The Morgan fingerprint density at radius 1 is 1.19 bits per heavy atom. The van der Waals surface area contributed by atoms with E-state index in [4.69, 9.17) is 0 Å². The second-order valence-corrected chi connectivity index (χ2v) is 9.00. The third-order valence-corrected chi connectivity index (χ3v) is 6.83. The van der Waals surface area contributed by atoms with Crippen molar-refractivity contribution < 1.29 is 4.79 Å². The molecular formula is C20H19BrN2OS2. The molecular weight excluding hydrogens is 428 g/mol. The fourth-order valence-electron chi connectivity index (χ4n) is 2.36. The van der Waals surface area contributed by atoms with Gasteiger partial charge in [-0.05, 0) is 43.2 Å². The maximum atomic E-state index is 12.2. The molecule has 0 spiro atoms. The first kappa shape index (κ1) is 19.1. The summed E-state index contributed by atoms with van der Waals surface area (Å²) in [5, 5.41) is 4.89. The van der Waals surface area contributed by atoms with Gasteiger partial charge in [-0.15, -0.1) is 11.3 Å². The number of nitrogens with one attached hydrogen (secondary N) is 1. The van der Waals surface area contributed by atoms with E-state index in [9.17, 15) is 4.79 Å². The number of hydrogen-bond acceptors (Lipinski definition) is 4. The van der Waals surface area contributed by atoms with Crippen LogP contribution >= 0.6 is 39.0 Å². The SMILES string of the molecule is Cc1ccc(CSc2nc(CC(=O)Nc3ccc(Br)c(C)c3)cs2)cc1. The summed E-state index contributed by atoms with van der Waals surface area (Å²) in [5.74, 6) is 0.838. The minimum absolute atomic E-state index is 0.0490. The number of carbonyl (C=O) groups excluding carboxylic acids is 1. The Morgan fingerprint density at radius 2 is 1.96 bits per heavy atom. The van der Waals surface area contributed by atoms with Gasteiger partial charge in [0.05, 0.1) is 12.1 Å². The number of halogens is 1. The molecule has 26 heavy (non-hydrogen) atoms. The van der Waals surface area contributed by atoms with Crippen molar-refractivity contribution in [2.45, 2.75) is 30.4 Å². The summed E-state index contributed by atoms with van der Waals surface area (Å²) in [7, 11) is 0. The van der Waals surface area contributed by atoms with Gasteiger partial charge in [0.2, 0.25) is 5.91 Å². The van der Waals surface area contributed by atoms with E-state index in [1.165, 1.54) is 11.1 Å². The van der Waals surface area contributed by atoms with Gasteiger partial charge >= 0.3 is 0 Å². The van der Waals surface area contributed by atoms with E-state index in [2.05, 4.69) is 57.4 Å². The molecule has 1 aromatic heterocycles. The highest BCUT2D eigenvalue weighted by molar-refractivity contribution is 9.10. The lowest BCUT2D eigenvalue weighted by Crippen LogP contribution is -2.14. The molecule has 0 saturated carbocycles. The van der Waals surface area contributed by atoms with Crippen LogP contribution in [0.4, 0.5) is 5.69 Å². The Bertz CT molecular complexity index is 906. The monoisotopic (exact) mass is 446 g/mol. The summed E-state index contributed by atoms with van der Waals surface area (Å²) >= 11 is 6.76. The fraction of sp³-hybridized carbons (Fsp3) is 0.200. The molecule has 3 aromatic rings. The minimum Gasteiger partial charge on any atom is -0.326 e. The molecule has 0 fully saturated rings. The van der Waals surface area contributed by atoms with Crippen molar-refractivity contribution in [1.82, 2.24) is 4.98 Å². The van der Waals surface area contributed by atoms with Crippen molar-refractivity contribution in [3.05, 3.63) is 74.7 Å². The quantitative estimate of drug-likeness (QED) is 0.472. The van der Waals surface area contributed by atoms with Gasteiger partial charge in [0, 0.05) is 21.3 Å². The number of thiazole rings is 1. The number of amides is 1. The van der Waals surface area contributed by atoms with Gasteiger partial charge in [0.25, 0.3) is 0 Å². The lowest BCUT2D eigenvalue weighted by atomic mass is 10.2. The van der Waals surface area contributed by atoms with Gasteiger partial charge in [-0.2, -0.15) is 0 Å². The molecule has 2 aromatic carbocycles. The van der Waals surface area contributed by atoms with Crippen LogP contribution in [-0.2, 0) is 17.0 Å². The Morgan fingerprint density at radius 3 is 2.69 bits per heavy atom. The van der Waals surface area contributed by atoms with Crippen LogP contribution in [0.25, 0.3) is 0 Å². The van der Waals surface area contributed by atoms with Crippen LogP contribution in [0.2, 0.25) is 0 Å². The largest absolute Gasteiger partial charge is 0.326 e. The molecule has 0 atom stereocenters. The highest BCUT2D eigenvalue weighted by atomic mass is 79.9. The summed E-state index contributed by atoms with van der Waals surface area (Å²) in [4.78, 5) is 16.8. The molecule has 6 heteroatoms. The number of nitrogens with zero attached hydrogens (tertiary/aromatic N) is 1. The van der Waals surface area contributed by atoms with Crippen LogP contribution in [0.15, 0.2) is 56.7 Å². The van der Waals surface area contributed by atoms with E-state index in [1.807, 2.05) is 30.5 Å². The Labute approximate surface area is 170 Å². The number of anilines is 1. The third-order valence-electron chi connectivity index (χ3n) is 3.80. The van der Waals surface area contributed by atoms with E-state index in [0.717, 1.165) is 31.5 Å². The smallest absolute Gasteiger partial charge is 0.230 e. The average molecular weight is 447 g/mol. The van der Waals surface area contributed by atoms with Gasteiger partial charge in [0.1, 0.15) is 4.34 Å². The Hall–Kier alpha value is -1.63. The molecule has 0 aliphatic carbocycles. The number of aromatic nitrogens is 1. The minimum atomic E-state index is -0.0490. The summed E-state index contributed by atoms with van der Waals surface area (Å²) in [5.41, 5.74) is 5.25. The van der Waals surface area contributed by atoms with Crippen molar-refractivity contribution >= 4 is 50.6 Å². The molecule has 134 valence electrons. The molecule has 0 unspecified atom stereocenters. The third kappa shape index (κ3) is 5.43. The van der Waals surface area contributed by atoms with Crippen molar-refractivity contribution in [3.63, 3.8) is 0 Å². The van der Waals surface area contributed by atoms with Crippen molar-refractivity contribution in [3.8, 4) is 0 Å². The number of rotatable bonds is 6. The Kier molecular flexibility index (Phi) is 6.51. The number of aryl methyl sites for hydroxylation is 2. The van der Waals surface area contributed by atoms with Gasteiger partial charge in [0.15, 0.2) is 0 Å². The molecule has 1 amide bonds. The zero-order valence-corrected chi connectivity index (χ0v) is 17.8. The number of benzene rings is 2. The number of hydrogen-bond donors (Lipinski definition) is 1. The second kappa shape index (κ2) is 8.84. The normalized spacial score (nSPS) is 10.7. The molecule has 0 saturated heterocycles.